The van der Waals surface area contributed by atoms with Crippen molar-refractivity contribution in [2.24, 2.45) is 0 Å². The topological polar surface area (TPSA) is 32.3 Å². The van der Waals surface area contributed by atoms with Crippen molar-refractivity contribution in [3.8, 4) is 0 Å². The molecular formula is C9H16N2O. The van der Waals surface area contributed by atoms with E-state index in [1.54, 1.807) is 0 Å². The zero-order valence-electron chi connectivity index (χ0n) is 7.55. The van der Waals surface area contributed by atoms with Gasteiger partial charge in [-0.15, -0.1) is 0 Å². The number of nitrogens with zero attached hydrogens (tertiary/aromatic N) is 1. The van der Waals surface area contributed by atoms with Crippen LogP contribution in [0.5, 0.6) is 0 Å². The normalized spacial score (nSPS) is 23.9. The van der Waals surface area contributed by atoms with Crippen molar-refractivity contribution in [1.82, 2.24) is 10.2 Å². The van der Waals surface area contributed by atoms with Crippen molar-refractivity contribution in [2.45, 2.75) is 19.4 Å². The standard InChI is InChI=1S/C9H16N2O/c1-3-9(12)10-8-5-6-11(4-2)7-8/h3,8H,1,4-7H2,2H3,(H,10,12). The first kappa shape index (κ1) is 9.26. The van der Waals surface area contributed by atoms with Crippen LogP contribution in [0.1, 0.15) is 13.3 Å². The molecule has 0 aromatic rings. The Balaban J connectivity index is 2.27. The molecule has 1 aliphatic heterocycles. The summed E-state index contributed by atoms with van der Waals surface area (Å²) in [6.45, 7) is 8.70. The number of hydrogen-bond acceptors (Lipinski definition) is 2. The zero-order valence-corrected chi connectivity index (χ0v) is 7.55. The number of likely N-dealkylation sites (tertiary alicyclic amines) is 1. The molecule has 68 valence electrons. The lowest BCUT2D eigenvalue weighted by Gasteiger charge is -2.13. The minimum atomic E-state index is -0.0575. The predicted molar refractivity (Wildman–Crippen MR) is 48.9 cm³/mol. The molecule has 0 aromatic carbocycles. The van der Waals surface area contributed by atoms with Gasteiger partial charge in [-0.1, -0.05) is 13.5 Å². The fourth-order valence-corrected chi connectivity index (χ4v) is 1.50. The molecule has 0 bridgehead atoms. The second-order valence-electron chi connectivity index (χ2n) is 3.09. The van der Waals surface area contributed by atoms with Gasteiger partial charge in [0.15, 0.2) is 0 Å². The molecule has 1 saturated heterocycles. The van der Waals surface area contributed by atoms with Crippen molar-refractivity contribution in [3.63, 3.8) is 0 Å². The van der Waals surface area contributed by atoms with E-state index < -0.39 is 0 Å². The molecule has 0 saturated carbocycles. The van der Waals surface area contributed by atoms with Crippen LogP contribution in [0.3, 0.4) is 0 Å². The molecular weight excluding hydrogens is 152 g/mol. The number of carbonyl (C=O) groups excluding carboxylic acids is 1. The fraction of sp³-hybridized carbons (Fsp3) is 0.667. The Morgan fingerprint density at radius 3 is 3.08 bits per heavy atom. The highest BCUT2D eigenvalue weighted by Crippen LogP contribution is 2.07. The van der Waals surface area contributed by atoms with Crippen LogP contribution in [-0.2, 0) is 4.79 Å². The molecule has 1 rings (SSSR count). The van der Waals surface area contributed by atoms with Crippen LogP contribution in [0.4, 0.5) is 0 Å². The van der Waals surface area contributed by atoms with E-state index in [0.29, 0.717) is 6.04 Å². The van der Waals surface area contributed by atoms with Crippen molar-refractivity contribution >= 4 is 5.91 Å². The van der Waals surface area contributed by atoms with Crippen LogP contribution in [0.25, 0.3) is 0 Å². The van der Waals surface area contributed by atoms with Gasteiger partial charge in [0.2, 0.25) is 5.91 Å². The Hall–Kier alpha value is -0.830. The minimum Gasteiger partial charge on any atom is -0.349 e. The van der Waals surface area contributed by atoms with E-state index in [4.69, 9.17) is 0 Å². The summed E-state index contributed by atoms with van der Waals surface area (Å²) in [7, 11) is 0. The maximum atomic E-state index is 10.9. The largest absolute Gasteiger partial charge is 0.349 e. The Bertz CT molecular complexity index is 179. The quantitative estimate of drug-likeness (QED) is 0.618. The third kappa shape index (κ3) is 2.34. The highest BCUT2D eigenvalue weighted by atomic mass is 16.1. The Morgan fingerprint density at radius 2 is 2.58 bits per heavy atom. The van der Waals surface area contributed by atoms with Crippen molar-refractivity contribution in [2.75, 3.05) is 19.6 Å². The van der Waals surface area contributed by atoms with Gasteiger partial charge in [0.25, 0.3) is 0 Å². The lowest BCUT2D eigenvalue weighted by atomic mass is 10.2. The van der Waals surface area contributed by atoms with Gasteiger partial charge in [0.05, 0.1) is 0 Å². The minimum absolute atomic E-state index is 0.0575. The molecule has 1 amide bonds. The van der Waals surface area contributed by atoms with Crippen LogP contribution < -0.4 is 5.32 Å². The first-order chi connectivity index (χ1) is 5.76. The van der Waals surface area contributed by atoms with Crippen LogP contribution in [-0.4, -0.2) is 36.5 Å². The number of likely N-dealkylation sites (N-methyl/N-ethyl adjacent to an activating group) is 1. The van der Waals surface area contributed by atoms with Crippen molar-refractivity contribution < 1.29 is 4.79 Å². The molecule has 1 atom stereocenters. The first-order valence-corrected chi connectivity index (χ1v) is 4.41. The summed E-state index contributed by atoms with van der Waals surface area (Å²) in [6.07, 6.45) is 2.39. The van der Waals surface area contributed by atoms with E-state index in [1.165, 1.54) is 6.08 Å². The summed E-state index contributed by atoms with van der Waals surface area (Å²) in [5.74, 6) is -0.0575. The van der Waals surface area contributed by atoms with E-state index in [-0.39, 0.29) is 5.91 Å². The monoisotopic (exact) mass is 168 g/mol. The van der Waals surface area contributed by atoms with Gasteiger partial charge in [-0.05, 0) is 19.0 Å². The average Bonchev–Trinajstić information content (AvgIpc) is 2.52. The summed E-state index contributed by atoms with van der Waals surface area (Å²) in [6, 6.07) is 0.329. The fourth-order valence-electron chi connectivity index (χ4n) is 1.50. The van der Waals surface area contributed by atoms with Gasteiger partial charge < -0.3 is 10.2 Å². The molecule has 1 fully saturated rings. The summed E-state index contributed by atoms with van der Waals surface area (Å²) >= 11 is 0. The maximum absolute atomic E-state index is 10.9. The lowest BCUT2D eigenvalue weighted by Crippen LogP contribution is -2.35. The molecule has 1 heterocycles. The molecule has 0 aliphatic carbocycles. The van der Waals surface area contributed by atoms with Gasteiger partial charge >= 0.3 is 0 Å². The smallest absolute Gasteiger partial charge is 0.243 e. The van der Waals surface area contributed by atoms with E-state index in [2.05, 4.69) is 23.7 Å². The summed E-state index contributed by atoms with van der Waals surface area (Å²) < 4.78 is 0. The van der Waals surface area contributed by atoms with E-state index in [1.807, 2.05) is 0 Å². The van der Waals surface area contributed by atoms with Crippen LogP contribution >= 0.6 is 0 Å². The van der Waals surface area contributed by atoms with E-state index in [0.717, 1.165) is 26.1 Å². The van der Waals surface area contributed by atoms with Gasteiger partial charge in [-0.25, -0.2) is 0 Å². The number of rotatable bonds is 3. The molecule has 3 heteroatoms. The van der Waals surface area contributed by atoms with Gasteiger partial charge in [0.1, 0.15) is 0 Å². The Morgan fingerprint density at radius 1 is 1.83 bits per heavy atom. The summed E-state index contributed by atoms with van der Waals surface area (Å²) in [5, 5.41) is 2.89. The highest BCUT2D eigenvalue weighted by Gasteiger charge is 2.21. The van der Waals surface area contributed by atoms with Crippen molar-refractivity contribution in [1.29, 1.82) is 0 Å². The SMILES string of the molecule is C=CC(=O)NC1CCN(CC)C1. The molecule has 0 radical (unpaired) electrons. The number of amides is 1. The van der Waals surface area contributed by atoms with Crippen LogP contribution in [0, 0.1) is 0 Å². The van der Waals surface area contributed by atoms with E-state index in [9.17, 15) is 4.79 Å². The number of nitrogens with one attached hydrogen (secondary N) is 1. The second-order valence-corrected chi connectivity index (χ2v) is 3.09. The molecule has 12 heavy (non-hydrogen) atoms. The second kappa shape index (κ2) is 4.26. The lowest BCUT2D eigenvalue weighted by molar-refractivity contribution is -0.117. The molecule has 0 aromatic heterocycles. The van der Waals surface area contributed by atoms with Crippen molar-refractivity contribution in [3.05, 3.63) is 12.7 Å². The predicted octanol–water partition coefficient (Wildman–Crippen LogP) is 0.383. The molecule has 3 nitrogen and oxygen atoms in total. The Kier molecular flexibility index (Phi) is 3.29. The zero-order chi connectivity index (χ0) is 8.97. The summed E-state index contributed by atoms with van der Waals surface area (Å²) in [4.78, 5) is 13.2. The third-order valence-corrected chi connectivity index (χ3v) is 2.25. The molecule has 1 N–H and O–H groups in total. The third-order valence-electron chi connectivity index (χ3n) is 2.25. The maximum Gasteiger partial charge on any atom is 0.243 e. The number of hydrogen-bond donors (Lipinski definition) is 1. The molecule has 0 spiro atoms. The first-order valence-electron chi connectivity index (χ1n) is 4.41. The van der Waals surface area contributed by atoms with Gasteiger partial charge in [-0.2, -0.15) is 0 Å². The van der Waals surface area contributed by atoms with Crippen LogP contribution in [0.15, 0.2) is 12.7 Å². The molecule has 1 unspecified atom stereocenters. The van der Waals surface area contributed by atoms with Gasteiger partial charge in [-0.3, -0.25) is 4.79 Å². The summed E-state index contributed by atoms with van der Waals surface area (Å²) in [5.41, 5.74) is 0. The number of carbonyl (C=O) groups is 1. The average molecular weight is 168 g/mol. The van der Waals surface area contributed by atoms with E-state index >= 15 is 0 Å². The Labute approximate surface area is 73.4 Å². The molecule has 1 aliphatic rings. The van der Waals surface area contributed by atoms with Gasteiger partial charge in [0, 0.05) is 19.1 Å². The highest BCUT2D eigenvalue weighted by molar-refractivity contribution is 5.87. The van der Waals surface area contributed by atoms with Crippen LogP contribution in [0.2, 0.25) is 0 Å².